The van der Waals surface area contributed by atoms with Crippen molar-refractivity contribution < 1.29 is 19.4 Å². The number of carboxylic acid groups (broad SMARTS) is 1. The lowest BCUT2D eigenvalue weighted by atomic mass is 9.80. The zero-order valence-corrected chi connectivity index (χ0v) is 17.0. The van der Waals surface area contributed by atoms with Crippen molar-refractivity contribution in [1.29, 1.82) is 0 Å². The number of alkyl carbamates (subject to hydrolysis) is 1. The molecule has 0 fully saturated rings. The summed E-state index contributed by atoms with van der Waals surface area (Å²) in [5, 5.41) is 12.5. The average molecular weight is 413 g/mol. The van der Waals surface area contributed by atoms with Crippen LogP contribution in [0.2, 0.25) is 0 Å². The summed E-state index contributed by atoms with van der Waals surface area (Å²) < 4.78 is 5.67. The van der Waals surface area contributed by atoms with Crippen molar-refractivity contribution in [2.75, 3.05) is 6.61 Å². The predicted molar refractivity (Wildman–Crippen MR) is 117 cm³/mol. The molecule has 3 aromatic carbocycles. The van der Waals surface area contributed by atoms with Gasteiger partial charge in [-0.25, -0.2) is 4.79 Å². The van der Waals surface area contributed by atoms with Gasteiger partial charge in [0, 0.05) is 5.92 Å². The number of benzene rings is 3. The van der Waals surface area contributed by atoms with Crippen molar-refractivity contribution in [3.63, 3.8) is 0 Å². The fraction of sp³-hybridized carbons (Fsp3) is 0.231. The van der Waals surface area contributed by atoms with E-state index in [4.69, 9.17) is 4.74 Å². The second-order valence-corrected chi connectivity index (χ2v) is 8.12. The Morgan fingerprint density at radius 2 is 1.35 bits per heavy atom. The molecule has 0 saturated heterocycles. The van der Waals surface area contributed by atoms with Crippen LogP contribution in [0.4, 0.5) is 4.79 Å². The van der Waals surface area contributed by atoms with E-state index in [2.05, 4.69) is 29.6 Å². The van der Waals surface area contributed by atoms with Gasteiger partial charge in [-0.05, 0) is 46.2 Å². The van der Waals surface area contributed by atoms with Crippen LogP contribution in [0.5, 0.6) is 0 Å². The SMILES string of the molecule is O=C(N[C@@H]1CC[C@@H](C(=O)O)c2ccccc21)OCC1c2ccccc2-c2ccccc21. The summed E-state index contributed by atoms with van der Waals surface area (Å²) in [7, 11) is 0. The Kier molecular flexibility index (Phi) is 4.94. The smallest absolute Gasteiger partial charge is 0.407 e. The number of amides is 1. The zero-order valence-electron chi connectivity index (χ0n) is 17.0. The van der Waals surface area contributed by atoms with Crippen molar-refractivity contribution in [1.82, 2.24) is 5.32 Å². The second kappa shape index (κ2) is 7.91. The van der Waals surface area contributed by atoms with Crippen LogP contribution >= 0.6 is 0 Å². The van der Waals surface area contributed by atoms with Gasteiger partial charge in [-0.15, -0.1) is 0 Å². The summed E-state index contributed by atoms with van der Waals surface area (Å²) >= 11 is 0. The number of nitrogens with one attached hydrogen (secondary N) is 1. The minimum absolute atomic E-state index is 0.00758. The third kappa shape index (κ3) is 3.46. The van der Waals surface area contributed by atoms with Crippen molar-refractivity contribution in [2.24, 2.45) is 0 Å². The van der Waals surface area contributed by atoms with Crippen molar-refractivity contribution in [2.45, 2.75) is 30.7 Å². The standard InChI is InChI=1S/C26H23NO4/c28-25(29)22-13-14-24(21-12-6-5-11-20(21)22)27-26(30)31-15-23-18-9-3-1-7-16(18)17-8-2-4-10-19(17)23/h1-12,22-24H,13-15H2,(H,27,30)(H,28,29)/t22-,24-/m1/s1. The number of carbonyl (C=O) groups is 2. The molecule has 5 rings (SSSR count). The molecule has 0 saturated carbocycles. The normalized spacial score (nSPS) is 19.1. The topological polar surface area (TPSA) is 75.6 Å². The molecule has 0 aromatic heterocycles. The van der Waals surface area contributed by atoms with Crippen LogP contribution in [0.3, 0.4) is 0 Å². The van der Waals surface area contributed by atoms with Gasteiger partial charge in [0.1, 0.15) is 6.61 Å². The number of carbonyl (C=O) groups excluding carboxylic acids is 1. The van der Waals surface area contributed by atoms with Crippen LogP contribution in [-0.2, 0) is 9.53 Å². The molecule has 0 aliphatic heterocycles. The average Bonchev–Trinajstić information content (AvgIpc) is 3.11. The lowest BCUT2D eigenvalue weighted by Crippen LogP contribution is -2.34. The zero-order chi connectivity index (χ0) is 21.4. The molecule has 3 aromatic rings. The summed E-state index contributed by atoms with van der Waals surface area (Å²) in [6.07, 6.45) is 0.578. The first-order valence-corrected chi connectivity index (χ1v) is 10.6. The molecule has 5 nitrogen and oxygen atoms in total. The quantitative estimate of drug-likeness (QED) is 0.614. The Morgan fingerprint density at radius 1 is 0.806 bits per heavy atom. The number of carboxylic acids is 1. The van der Waals surface area contributed by atoms with Gasteiger partial charge in [-0.2, -0.15) is 0 Å². The highest BCUT2D eigenvalue weighted by Crippen LogP contribution is 2.44. The molecule has 0 heterocycles. The van der Waals surface area contributed by atoms with Gasteiger partial charge >= 0.3 is 12.1 Å². The Balaban J connectivity index is 1.30. The molecule has 2 atom stereocenters. The summed E-state index contributed by atoms with van der Waals surface area (Å²) in [6, 6.07) is 23.6. The van der Waals surface area contributed by atoms with E-state index in [0.29, 0.717) is 12.8 Å². The summed E-state index contributed by atoms with van der Waals surface area (Å²) in [6.45, 7) is 0.256. The van der Waals surface area contributed by atoms with Crippen molar-refractivity contribution in [3.8, 4) is 11.1 Å². The maximum absolute atomic E-state index is 12.7. The largest absolute Gasteiger partial charge is 0.481 e. The van der Waals surface area contributed by atoms with Crippen molar-refractivity contribution >= 4 is 12.1 Å². The van der Waals surface area contributed by atoms with Gasteiger partial charge in [0.05, 0.1) is 12.0 Å². The fourth-order valence-corrected chi connectivity index (χ4v) is 4.98. The molecular weight excluding hydrogens is 390 g/mol. The van der Waals surface area contributed by atoms with Gasteiger partial charge in [0.25, 0.3) is 0 Å². The number of aliphatic carboxylic acids is 1. The van der Waals surface area contributed by atoms with E-state index in [1.165, 1.54) is 22.3 Å². The van der Waals surface area contributed by atoms with Crippen LogP contribution in [0.1, 0.15) is 53.0 Å². The predicted octanol–water partition coefficient (Wildman–Crippen LogP) is 5.23. The van der Waals surface area contributed by atoms with Crippen LogP contribution < -0.4 is 5.32 Å². The molecule has 0 radical (unpaired) electrons. The van der Waals surface area contributed by atoms with Gasteiger partial charge in [-0.1, -0.05) is 72.8 Å². The molecule has 156 valence electrons. The number of hydrogen-bond acceptors (Lipinski definition) is 3. The Bertz CT molecular complexity index is 1110. The van der Waals surface area contributed by atoms with E-state index in [1.807, 2.05) is 48.5 Å². The molecule has 31 heavy (non-hydrogen) atoms. The number of ether oxygens (including phenoxy) is 1. The number of hydrogen-bond donors (Lipinski definition) is 2. The van der Waals surface area contributed by atoms with E-state index in [-0.39, 0.29) is 18.6 Å². The molecule has 2 aliphatic rings. The Hall–Kier alpha value is -3.60. The highest BCUT2D eigenvalue weighted by Gasteiger charge is 2.33. The molecule has 0 spiro atoms. The van der Waals surface area contributed by atoms with Crippen LogP contribution in [0.15, 0.2) is 72.8 Å². The van der Waals surface area contributed by atoms with E-state index < -0.39 is 18.0 Å². The summed E-state index contributed by atoms with van der Waals surface area (Å²) in [4.78, 5) is 24.3. The maximum Gasteiger partial charge on any atom is 0.407 e. The van der Waals surface area contributed by atoms with Gasteiger partial charge < -0.3 is 15.2 Å². The lowest BCUT2D eigenvalue weighted by molar-refractivity contribution is -0.139. The van der Waals surface area contributed by atoms with Crippen LogP contribution in [-0.4, -0.2) is 23.8 Å². The fourth-order valence-electron chi connectivity index (χ4n) is 4.98. The lowest BCUT2D eigenvalue weighted by Gasteiger charge is -2.30. The first-order valence-electron chi connectivity index (χ1n) is 10.6. The van der Waals surface area contributed by atoms with Gasteiger partial charge in [0.2, 0.25) is 0 Å². The third-order valence-electron chi connectivity index (χ3n) is 6.42. The Morgan fingerprint density at radius 3 is 1.97 bits per heavy atom. The highest BCUT2D eigenvalue weighted by atomic mass is 16.5. The minimum Gasteiger partial charge on any atom is -0.481 e. The highest BCUT2D eigenvalue weighted by molar-refractivity contribution is 5.79. The van der Waals surface area contributed by atoms with Crippen LogP contribution in [0.25, 0.3) is 11.1 Å². The first kappa shape index (κ1) is 19.4. The molecule has 2 N–H and O–H groups in total. The molecule has 0 bridgehead atoms. The van der Waals surface area contributed by atoms with Gasteiger partial charge in [0.15, 0.2) is 0 Å². The second-order valence-electron chi connectivity index (χ2n) is 8.12. The van der Waals surface area contributed by atoms with Gasteiger partial charge in [-0.3, -0.25) is 4.79 Å². The summed E-state index contributed by atoms with van der Waals surface area (Å²) in [5.41, 5.74) is 6.34. The molecule has 5 heteroatoms. The molecule has 1 amide bonds. The summed E-state index contributed by atoms with van der Waals surface area (Å²) in [5.74, 6) is -1.35. The molecular formula is C26H23NO4. The third-order valence-corrected chi connectivity index (χ3v) is 6.42. The van der Waals surface area contributed by atoms with Crippen LogP contribution in [0, 0.1) is 0 Å². The molecule has 2 aliphatic carbocycles. The maximum atomic E-state index is 12.7. The first-order chi connectivity index (χ1) is 15.1. The number of fused-ring (bicyclic) bond motifs is 4. The number of rotatable bonds is 4. The van der Waals surface area contributed by atoms with E-state index in [9.17, 15) is 14.7 Å². The van der Waals surface area contributed by atoms with E-state index in [1.54, 1.807) is 0 Å². The monoisotopic (exact) mass is 413 g/mol. The molecule has 0 unspecified atom stereocenters. The van der Waals surface area contributed by atoms with E-state index in [0.717, 1.165) is 11.1 Å². The van der Waals surface area contributed by atoms with Crippen molar-refractivity contribution in [3.05, 3.63) is 95.1 Å². The van der Waals surface area contributed by atoms with E-state index >= 15 is 0 Å². The minimum atomic E-state index is -0.827. The Labute approximate surface area is 180 Å².